The number of hydrogen-bond acceptors (Lipinski definition) is 2. The predicted molar refractivity (Wildman–Crippen MR) is 85.4 cm³/mol. The van der Waals surface area contributed by atoms with Crippen molar-refractivity contribution < 1.29 is 4.79 Å². The normalized spacial score (nSPS) is 16.2. The fourth-order valence-corrected chi connectivity index (χ4v) is 2.92. The van der Waals surface area contributed by atoms with Crippen LogP contribution in [0, 0.1) is 5.92 Å². The molecule has 0 aromatic carbocycles. The Hall–Kier alpha value is -1.09. The Morgan fingerprint density at radius 2 is 1.65 bits per heavy atom. The second-order valence-electron chi connectivity index (χ2n) is 5.91. The van der Waals surface area contributed by atoms with E-state index < -0.39 is 0 Å². The van der Waals surface area contributed by atoms with Crippen molar-refractivity contribution in [2.45, 2.75) is 59.8 Å². The molecule has 0 heterocycles. The summed E-state index contributed by atoms with van der Waals surface area (Å²) in [4.78, 5) is 11.7. The smallest absolute Gasteiger partial charge is 0.219 e. The second-order valence-corrected chi connectivity index (χ2v) is 5.91. The van der Waals surface area contributed by atoms with Crippen LogP contribution in [-0.4, -0.2) is 19.0 Å². The molecular formula is C17H30N2O. The van der Waals surface area contributed by atoms with Crippen LogP contribution in [0.4, 0.5) is 0 Å². The van der Waals surface area contributed by atoms with Crippen LogP contribution in [0.3, 0.4) is 0 Å². The van der Waals surface area contributed by atoms with Crippen molar-refractivity contribution in [3.8, 4) is 0 Å². The van der Waals surface area contributed by atoms with E-state index in [2.05, 4.69) is 33.0 Å². The monoisotopic (exact) mass is 278 g/mol. The molecule has 0 unspecified atom stereocenters. The average molecular weight is 278 g/mol. The first-order chi connectivity index (χ1) is 9.49. The molecule has 20 heavy (non-hydrogen) atoms. The van der Waals surface area contributed by atoms with E-state index in [0.29, 0.717) is 12.3 Å². The van der Waals surface area contributed by atoms with Crippen molar-refractivity contribution >= 4 is 5.91 Å². The quantitative estimate of drug-likeness (QED) is 0.669. The molecule has 3 N–H and O–H groups in total. The lowest BCUT2D eigenvalue weighted by Gasteiger charge is -2.15. The molecule has 0 bridgehead atoms. The van der Waals surface area contributed by atoms with Crippen LogP contribution < -0.4 is 11.1 Å². The van der Waals surface area contributed by atoms with E-state index >= 15 is 0 Å². The van der Waals surface area contributed by atoms with Gasteiger partial charge in [-0.3, -0.25) is 4.79 Å². The van der Waals surface area contributed by atoms with Crippen LogP contribution in [0.1, 0.15) is 59.8 Å². The SMILES string of the molecule is CC1=C(C)C(CCNC(=O)CCCCCN)C(C)=C1C. The summed E-state index contributed by atoms with van der Waals surface area (Å²) < 4.78 is 0. The summed E-state index contributed by atoms with van der Waals surface area (Å²) in [5, 5.41) is 3.04. The number of carbonyl (C=O) groups excluding carboxylic acids is 1. The topological polar surface area (TPSA) is 55.1 Å². The molecule has 0 saturated carbocycles. The highest BCUT2D eigenvalue weighted by Crippen LogP contribution is 2.38. The van der Waals surface area contributed by atoms with Crippen molar-refractivity contribution in [2.24, 2.45) is 11.7 Å². The van der Waals surface area contributed by atoms with E-state index in [-0.39, 0.29) is 5.91 Å². The minimum Gasteiger partial charge on any atom is -0.356 e. The minimum absolute atomic E-state index is 0.178. The number of nitrogens with two attached hydrogens (primary N) is 1. The lowest BCUT2D eigenvalue weighted by atomic mass is 9.93. The van der Waals surface area contributed by atoms with Crippen LogP contribution >= 0.6 is 0 Å². The van der Waals surface area contributed by atoms with Gasteiger partial charge in [0.2, 0.25) is 5.91 Å². The summed E-state index contributed by atoms with van der Waals surface area (Å²) in [6.07, 6.45) is 4.66. The van der Waals surface area contributed by atoms with Gasteiger partial charge in [-0.25, -0.2) is 0 Å². The number of rotatable bonds is 8. The van der Waals surface area contributed by atoms with Crippen LogP contribution in [0.5, 0.6) is 0 Å². The fraction of sp³-hybridized carbons (Fsp3) is 0.706. The summed E-state index contributed by atoms with van der Waals surface area (Å²) in [7, 11) is 0. The lowest BCUT2D eigenvalue weighted by molar-refractivity contribution is -0.121. The second kappa shape index (κ2) is 8.25. The number of nitrogens with one attached hydrogen (secondary N) is 1. The molecule has 0 saturated heterocycles. The van der Waals surface area contributed by atoms with Crippen molar-refractivity contribution in [1.29, 1.82) is 0 Å². The first-order valence-corrected chi connectivity index (χ1v) is 7.81. The van der Waals surface area contributed by atoms with Crippen LogP contribution in [-0.2, 0) is 4.79 Å². The van der Waals surface area contributed by atoms with E-state index in [4.69, 9.17) is 5.73 Å². The number of allylic oxidation sites excluding steroid dienone is 4. The van der Waals surface area contributed by atoms with Crippen molar-refractivity contribution in [3.63, 3.8) is 0 Å². The largest absolute Gasteiger partial charge is 0.356 e. The van der Waals surface area contributed by atoms with E-state index in [9.17, 15) is 4.79 Å². The van der Waals surface area contributed by atoms with Crippen LogP contribution in [0.15, 0.2) is 22.3 Å². The average Bonchev–Trinajstić information content (AvgIpc) is 2.61. The third kappa shape index (κ3) is 4.48. The summed E-state index contributed by atoms with van der Waals surface area (Å²) in [6, 6.07) is 0. The van der Waals surface area contributed by atoms with E-state index in [1.165, 1.54) is 22.3 Å². The van der Waals surface area contributed by atoms with Gasteiger partial charge in [0.15, 0.2) is 0 Å². The van der Waals surface area contributed by atoms with Gasteiger partial charge in [0.25, 0.3) is 0 Å². The van der Waals surface area contributed by atoms with Gasteiger partial charge >= 0.3 is 0 Å². The maximum atomic E-state index is 11.7. The number of unbranched alkanes of at least 4 members (excludes halogenated alkanes) is 2. The Labute approximate surface area is 123 Å². The molecule has 3 heteroatoms. The number of carbonyl (C=O) groups is 1. The van der Waals surface area contributed by atoms with Crippen LogP contribution in [0.2, 0.25) is 0 Å². The summed E-state index contributed by atoms with van der Waals surface area (Å²) in [6.45, 7) is 10.3. The van der Waals surface area contributed by atoms with Gasteiger partial charge in [0, 0.05) is 18.9 Å². The summed E-state index contributed by atoms with van der Waals surface area (Å²) >= 11 is 0. The molecule has 114 valence electrons. The third-order valence-corrected chi connectivity index (χ3v) is 4.65. The zero-order valence-electron chi connectivity index (χ0n) is 13.5. The van der Waals surface area contributed by atoms with Gasteiger partial charge in [-0.15, -0.1) is 0 Å². The Balaban J connectivity index is 2.26. The van der Waals surface area contributed by atoms with Gasteiger partial charge in [-0.05, 0) is 64.6 Å². The van der Waals surface area contributed by atoms with Gasteiger partial charge in [0.05, 0.1) is 0 Å². The van der Waals surface area contributed by atoms with Crippen molar-refractivity contribution in [3.05, 3.63) is 22.3 Å². The Bertz CT molecular complexity index is 383. The first-order valence-electron chi connectivity index (χ1n) is 7.81. The maximum absolute atomic E-state index is 11.7. The molecule has 1 amide bonds. The standard InChI is InChI=1S/C17H30N2O/c1-12-13(2)15(4)16(14(12)3)9-11-19-17(20)8-6-5-7-10-18/h16H,5-11,18H2,1-4H3,(H,19,20). The fourth-order valence-electron chi connectivity index (χ4n) is 2.92. The molecule has 0 fully saturated rings. The molecule has 1 aliphatic rings. The van der Waals surface area contributed by atoms with E-state index in [1.54, 1.807) is 0 Å². The molecule has 0 spiro atoms. The molecule has 0 aromatic rings. The highest BCUT2D eigenvalue weighted by atomic mass is 16.1. The molecule has 1 aliphatic carbocycles. The molecule has 0 aliphatic heterocycles. The summed E-state index contributed by atoms with van der Waals surface area (Å²) in [5.74, 6) is 0.698. The Kier molecular flexibility index (Phi) is 7.00. The predicted octanol–water partition coefficient (Wildman–Crippen LogP) is 3.31. The van der Waals surface area contributed by atoms with E-state index in [0.717, 1.165) is 38.8 Å². The van der Waals surface area contributed by atoms with Crippen molar-refractivity contribution in [1.82, 2.24) is 5.32 Å². The molecule has 0 aromatic heterocycles. The van der Waals surface area contributed by atoms with Gasteiger partial charge in [0.1, 0.15) is 0 Å². The maximum Gasteiger partial charge on any atom is 0.219 e. The molecule has 1 rings (SSSR count). The molecular weight excluding hydrogens is 248 g/mol. The Morgan fingerprint density at radius 3 is 2.20 bits per heavy atom. The van der Waals surface area contributed by atoms with E-state index in [1.807, 2.05) is 0 Å². The number of amides is 1. The molecule has 0 radical (unpaired) electrons. The highest BCUT2D eigenvalue weighted by molar-refractivity contribution is 5.75. The zero-order chi connectivity index (χ0) is 15.1. The van der Waals surface area contributed by atoms with Gasteiger partial charge in [-0.2, -0.15) is 0 Å². The van der Waals surface area contributed by atoms with Crippen molar-refractivity contribution in [2.75, 3.05) is 13.1 Å². The Morgan fingerprint density at radius 1 is 1.05 bits per heavy atom. The van der Waals surface area contributed by atoms with Gasteiger partial charge in [-0.1, -0.05) is 17.6 Å². The van der Waals surface area contributed by atoms with Gasteiger partial charge < -0.3 is 11.1 Å². The molecule has 0 atom stereocenters. The minimum atomic E-state index is 0.178. The highest BCUT2D eigenvalue weighted by Gasteiger charge is 2.23. The molecule has 3 nitrogen and oxygen atoms in total. The first kappa shape index (κ1) is 17.0. The third-order valence-electron chi connectivity index (χ3n) is 4.65. The lowest BCUT2D eigenvalue weighted by Crippen LogP contribution is -2.25. The summed E-state index contributed by atoms with van der Waals surface area (Å²) in [5.41, 5.74) is 11.2. The van der Waals surface area contributed by atoms with Crippen LogP contribution in [0.25, 0.3) is 0 Å². The number of hydrogen-bond donors (Lipinski definition) is 2. The zero-order valence-corrected chi connectivity index (χ0v) is 13.5.